The Kier molecular flexibility index (Phi) is 5.35. The van der Waals surface area contributed by atoms with Crippen molar-refractivity contribution in [2.24, 2.45) is 0 Å². The second kappa shape index (κ2) is 7.44. The number of hydrogen-bond acceptors (Lipinski definition) is 5. The van der Waals surface area contributed by atoms with Crippen molar-refractivity contribution >= 4 is 5.97 Å². The molecule has 0 aliphatic heterocycles. The topological polar surface area (TPSA) is 86.5 Å². The fraction of sp³-hybridized carbons (Fsp3) is 0.312. The molecule has 0 radical (unpaired) electrons. The minimum atomic E-state index is -1.14. The zero-order valence-electron chi connectivity index (χ0n) is 13.2. The van der Waals surface area contributed by atoms with Gasteiger partial charge >= 0.3 is 5.97 Å². The van der Waals surface area contributed by atoms with Gasteiger partial charge in [-0.1, -0.05) is 17.4 Å². The van der Waals surface area contributed by atoms with E-state index in [0.717, 1.165) is 11.3 Å². The lowest BCUT2D eigenvalue weighted by Gasteiger charge is -2.10. The van der Waals surface area contributed by atoms with Crippen molar-refractivity contribution in [2.75, 3.05) is 6.61 Å². The highest BCUT2D eigenvalue weighted by Gasteiger charge is 2.19. The number of benzene rings is 1. The summed E-state index contributed by atoms with van der Waals surface area (Å²) in [6.07, 6.45) is 0. The van der Waals surface area contributed by atoms with Crippen LogP contribution in [0.5, 0.6) is 11.5 Å². The molecule has 0 bridgehead atoms. The Hall–Kier alpha value is -2.83. The highest BCUT2D eigenvalue weighted by molar-refractivity contribution is 5.86. The van der Waals surface area contributed by atoms with Gasteiger partial charge in [0.15, 0.2) is 5.69 Å². The summed E-state index contributed by atoms with van der Waals surface area (Å²) in [6, 6.07) is 7.11. The summed E-state index contributed by atoms with van der Waals surface area (Å²) in [5, 5.41) is 16.7. The van der Waals surface area contributed by atoms with Crippen LogP contribution in [0.25, 0.3) is 0 Å². The molecule has 1 aromatic carbocycles. The molecule has 0 aliphatic rings. The molecule has 2 rings (SSSR count). The van der Waals surface area contributed by atoms with Gasteiger partial charge in [0.25, 0.3) is 0 Å². The van der Waals surface area contributed by atoms with Crippen LogP contribution >= 0.6 is 0 Å². The normalized spacial score (nSPS) is 10.3. The number of rotatable bonds is 8. The molecule has 7 nitrogen and oxygen atoms in total. The molecule has 0 aliphatic carbocycles. The number of carbonyl (C=O) groups is 1. The number of carboxylic acid groups (broad SMARTS) is 1. The summed E-state index contributed by atoms with van der Waals surface area (Å²) in [7, 11) is 0. The van der Waals surface area contributed by atoms with Gasteiger partial charge in [0.05, 0.1) is 13.2 Å². The average molecular weight is 317 g/mol. The summed E-state index contributed by atoms with van der Waals surface area (Å²) in [6.45, 7) is 8.58. The summed E-state index contributed by atoms with van der Waals surface area (Å²) in [5.41, 5.74) is 1.13. The van der Waals surface area contributed by atoms with Crippen LogP contribution in [0.4, 0.5) is 0 Å². The molecule has 0 spiro atoms. The van der Waals surface area contributed by atoms with Gasteiger partial charge in [0.2, 0.25) is 0 Å². The first-order chi connectivity index (χ1) is 11.0. The smallest absolute Gasteiger partial charge is 0.358 e. The standard InChI is InChI=1S/C16H19N3O4/c1-4-22-12-5-7-13(8-6-12)23-10-14-15(16(20)21)17-18-19(14)9-11(2)3/h5-8H,2,4,9-10H2,1,3H3,(H,20,21). The third kappa shape index (κ3) is 4.32. The van der Waals surface area contributed by atoms with E-state index in [1.807, 2.05) is 13.8 Å². The number of allylic oxidation sites excluding steroid dienone is 1. The molecule has 0 saturated heterocycles. The van der Waals surface area contributed by atoms with Gasteiger partial charge in [-0.15, -0.1) is 5.10 Å². The maximum absolute atomic E-state index is 11.2. The molecule has 0 unspecified atom stereocenters. The minimum Gasteiger partial charge on any atom is -0.494 e. The second-order valence-corrected chi connectivity index (χ2v) is 5.00. The lowest BCUT2D eigenvalue weighted by molar-refractivity contribution is 0.0687. The van der Waals surface area contributed by atoms with Gasteiger partial charge in [-0.2, -0.15) is 0 Å². The number of hydrogen-bond donors (Lipinski definition) is 1. The van der Waals surface area contributed by atoms with Gasteiger partial charge < -0.3 is 14.6 Å². The Bertz CT molecular complexity index is 692. The predicted octanol–water partition coefficient (Wildman–Crippen LogP) is 2.53. The third-order valence-corrected chi connectivity index (χ3v) is 2.97. The SMILES string of the molecule is C=C(C)Cn1nnc(C(=O)O)c1COc1ccc(OCC)cc1. The third-order valence-electron chi connectivity index (χ3n) is 2.97. The highest BCUT2D eigenvalue weighted by atomic mass is 16.5. The van der Waals surface area contributed by atoms with Gasteiger partial charge in [-0.25, -0.2) is 9.48 Å². The van der Waals surface area contributed by atoms with Gasteiger partial charge in [-0.3, -0.25) is 0 Å². The van der Waals surface area contributed by atoms with Crippen LogP contribution in [0.2, 0.25) is 0 Å². The largest absolute Gasteiger partial charge is 0.494 e. The summed E-state index contributed by atoms with van der Waals surface area (Å²) >= 11 is 0. The highest BCUT2D eigenvalue weighted by Crippen LogP contribution is 2.19. The van der Waals surface area contributed by atoms with E-state index in [2.05, 4.69) is 16.9 Å². The first-order valence-electron chi connectivity index (χ1n) is 7.17. The van der Waals surface area contributed by atoms with Crippen molar-refractivity contribution in [2.45, 2.75) is 27.0 Å². The number of ether oxygens (including phenoxy) is 2. The Labute approximate surface area is 134 Å². The molecule has 0 amide bonds. The van der Waals surface area contributed by atoms with Gasteiger partial charge in [0.1, 0.15) is 23.8 Å². The van der Waals surface area contributed by atoms with Crippen molar-refractivity contribution in [3.63, 3.8) is 0 Å². The molecule has 0 fully saturated rings. The summed E-state index contributed by atoms with van der Waals surface area (Å²) in [5.74, 6) is 0.219. The molecule has 2 aromatic rings. The summed E-state index contributed by atoms with van der Waals surface area (Å²) in [4.78, 5) is 11.2. The second-order valence-electron chi connectivity index (χ2n) is 5.00. The molecule has 0 atom stereocenters. The van der Waals surface area contributed by atoms with E-state index >= 15 is 0 Å². The Morgan fingerprint density at radius 3 is 2.39 bits per heavy atom. The lowest BCUT2D eigenvalue weighted by Crippen LogP contribution is -2.12. The molecule has 1 aromatic heterocycles. The van der Waals surface area contributed by atoms with Crippen molar-refractivity contribution in [1.29, 1.82) is 0 Å². The van der Waals surface area contributed by atoms with E-state index < -0.39 is 5.97 Å². The maximum atomic E-state index is 11.2. The quantitative estimate of drug-likeness (QED) is 0.753. The Balaban J connectivity index is 2.13. The van der Waals surface area contributed by atoms with Crippen LogP contribution in [0, 0.1) is 0 Å². The average Bonchev–Trinajstić information content (AvgIpc) is 2.89. The first kappa shape index (κ1) is 16.5. The van der Waals surface area contributed by atoms with E-state index in [-0.39, 0.29) is 12.3 Å². The number of carboxylic acids is 1. The van der Waals surface area contributed by atoms with Crippen LogP contribution in [0.3, 0.4) is 0 Å². The van der Waals surface area contributed by atoms with Crippen molar-refractivity contribution < 1.29 is 19.4 Å². The minimum absolute atomic E-state index is 0.0515. The van der Waals surface area contributed by atoms with Crippen molar-refractivity contribution in [3.8, 4) is 11.5 Å². The fourth-order valence-corrected chi connectivity index (χ4v) is 1.97. The zero-order chi connectivity index (χ0) is 16.8. The molecule has 122 valence electrons. The van der Waals surface area contributed by atoms with Crippen LogP contribution in [-0.2, 0) is 13.2 Å². The van der Waals surface area contributed by atoms with Crippen LogP contribution in [0.15, 0.2) is 36.4 Å². The van der Waals surface area contributed by atoms with Gasteiger partial charge in [-0.05, 0) is 38.1 Å². The van der Waals surface area contributed by atoms with E-state index in [1.165, 1.54) is 4.68 Å². The van der Waals surface area contributed by atoms with E-state index in [9.17, 15) is 9.90 Å². The molecule has 23 heavy (non-hydrogen) atoms. The number of aromatic carboxylic acids is 1. The molecule has 7 heteroatoms. The molecular formula is C16H19N3O4. The molecule has 1 heterocycles. The van der Waals surface area contributed by atoms with Crippen molar-refractivity contribution in [1.82, 2.24) is 15.0 Å². The van der Waals surface area contributed by atoms with E-state index in [1.54, 1.807) is 24.3 Å². The van der Waals surface area contributed by atoms with E-state index in [0.29, 0.717) is 24.6 Å². The Morgan fingerprint density at radius 1 is 1.26 bits per heavy atom. The summed E-state index contributed by atoms with van der Waals surface area (Å²) < 4.78 is 12.5. The Morgan fingerprint density at radius 2 is 1.87 bits per heavy atom. The lowest BCUT2D eigenvalue weighted by atomic mass is 10.3. The maximum Gasteiger partial charge on any atom is 0.358 e. The molecule has 0 saturated carbocycles. The van der Waals surface area contributed by atoms with E-state index in [4.69, 9.17) is 9.47 Å². The monoisotopic (exact) mass is 317 g/mol. The van der Waals surface area contributed by atoms with Crippen LogP contribution in [-0.4, -0.2) is 32.7 Å². The van der Waals surface area contributed by atoms with Crippen LogP contribution in [0.1, 0.15) is 30.0 Å². The zero-order valence-corrected chi connectivity index (χ0v) is 13.2. The number of aromatic nitrogens is 3. The van der Waals surface area contributed by atoms with Crippen LogP contribution < -0.4 is 9.47 Å². The predicted molar refractivity (Wildman–Crippen MR) is 83.7 cm³/mol. The number of nitrogens with zero attached hydrogens (tertiary/aromatic N) is 3. The van der Waals surface area contributed by atoms with Gasteiger partial charge in [0, 0.05) is 0 Å². The molecular weight excluding hydrogens is 298 g/mol. The first-order valence-corrected chi connectivity index (χ1v) is 7.17. The van der Waals surface area contributed by atoms with Crippen molar-refractivity contribution in [3.05, 3.63) is 47.8 Å². The fourth-order valence-electron chi connectivity index (χ4n) is 1.97. The molecule has 1 N–H and O–H groups in total.